The highest BCUT2D eigenvalue weighted by Gasteiger charge is 2.32. The van der Waals surface area contributed by atoms with Crippen LogP contribution in [0.5, 0.6) is 0 Å². The fraction of sp³-hybridized carbons (Fsp3) is 0.308. The van der Waals surface area contributed by atoms with Gasteiger partial charge >= 0.3 is 0 Å². The van der Waals surface area contributed by atoms with Gasteiger partial charge in [-0.2, -0.15) is 0 Å². The van der Waals surface area contributed by atoms with Crippen molar-refractivity contribution in [2.75, 3.05) is 23.7 Å². The molecule has 36 heavy (non-hydrogen) atoms. The molecule has 0 aromatic heterocycles. The predicted octanol–water partition coefficient (Wildman–Crippen LogP) is 4.86. The fourth-order valence-corrected chi connectivity index (χ4v) is 5.46. The van der Waals surface area contributed by atoms with Gasteiger partial charge in [0.05, 0.1) is 11.9 Å². The van der Waals surface area contributed by atoms with Crippen LogP contribution in [0.3, 0.4) is 0 Å². The van der Waals surface area contributed by atoms with Crippen LogP contribution in [0, 0.1) is 0 Å². The fourth-order valence-electron chi connectivity index (χ4n) is 4.09. The highest BCUT2D eigenvalue weighted by Crippen LogP contribution is 2.30. The molecule has 2 amide bonds. The molecular weight excluding hydrogens is 521 g/mol. The topological polar surface area (TPSA) is 86.8 Å². The third-order valence-corrected chi connectivity index (χ3v) is 7.68. The Bertz CT molecular complexity index is 1340. The minimum absolute atomic E-state index is 0.0554. The molecule has 1 atom stereocenters. The average Bonchev–Trinajstić information content (AvgIpc) is 2.83. The number of carbonyl (C=O) groups excluding carboxylic acids is 2. The first kappa shape index (κ1) is 27.8. The molecule has 0 saturated heterocycles. The number of hydrogen-bond acceptors (Lipinski definition) is 4. The first-order valence-electron chi connectivity index (χ1n) is 11.5. The molecule has 0 bridgehead atoms. The SMILES string of the molecule is CCNC(=O)[C@@H](CC)N(Cc1c(Cl)cccc1Cl)C(=O)CN(c1cccc2ccccc12)S(C)(=O)=O. The monoisotopic (exact) mass is 549 g/mol. The number of halogens is 2. The third-order valence-electron chi connectivity index (χ3n) is 5.84. The summed E-state index contributed by atoms with van der Waals surface area (Å²) in [6, 6.07) is 16.7. The van der Waals surface area contributed by atoms with Crippen LogP contribution >= 0.6 is 23.2 Å². The lowest BCUT2D eigenvalue weighted by Gasteiger charge is -2.33. The summed E-state index contributed by atoms with van der Waals surface area (Å²) >= 11 is 12.8. The number of sulfonamides is 1. The number of carbonyl (C=O) groups is 2. The summed E-state index contributed by atoms with van der Waals surface area (Å²) in [6.45, 7) is 3.40. The summed E-state index contributed by atoms with van der Waals surface area (Å²) in [5, 5.41) is 4.98. The van der Waals surface area contributed by atoms with E-state index >= 15 is 0 Å². The Morgan fingerprint density at radius 2 is 1.56 bits per heavy atom. The van der Waals surface area contributed by atoms with Gasteiger partial charge < -0.3 is 10.2 Å². The van der Waals surface area contributed by atoms with Gasteiger partial charge in [-0.3, -0.25) is 13.9 Å². The Morgan fingerprint density at radius 3 is 2.17 bits per heavy atom. The Morgan fingerprint density at radius 1 is 0.944 bits per heavy atom. The Kier molecular flexibility index (Phi) is 9.22. The summed E-state index contributed by atoms with van der Waals surface area (Å²) in [7, 11) is -3.86. The maximum absolute atomic E-state index is 13.8. The van der Waals surface area contributed by atoms with Gasteiger partial charge in [-0.05, 0) is 36.9 Å². The second-order valence-electron chi connectivity index (χ2n) is 8.31. The quantitative estimate of drug-likeness (QED) is 0.391. The van der Waals surface area contributed by atoms with Gasteiger partial charge in [-0.25, -0.2) is 8.42 Å². The van der Waals surface area contributed by atoms with Crippen LogP contribution in [0.25, 0.3) is 10.8 Å². The molecule has 3 rings (SSSR count). The molecule has 0 saturated carbocycles. The molecule has 0 aliphatic heterocycles. The number of nitrogens with one attached hydrogen (secondary N) is 1. The summed E-state index contributed by atoms with van der Waals surface area (Å²) in [5.41, 5.74) is 0.860. The zero-order valence-corrected chi connectivity index (χ0v) is 22.7. The van der Waals surface area contributed by atoms with E-state index in [1.165, 1.54) is 4.90 Å². The number of nitrogens with zero attached hydrogens (tertiary/aromatic N) is 2. The first-order valence-corrected chi connectivity index (χ1v) is 14.1. The van der Waals surface area contributed by atoms with Crippen molar-refractivity contribution in [1.82, 2.24) is 10.2 Å². The lowest BCUT2D eigenvalue weighted by Crippen LogP contribution is -2.52. The summed E-state index contributed by atoms with van der Waals surface area (Å²) in [4.78, 5) is 28.1. The molecule has 192 valence electrons. The number of amides is 2. The molecule has 0 spiro atoms. The van der Waals surface area contributed by atoms with E-state index < -0.39 is 28.5 Å². The van der Waals surface area contributed by atoms with Crippen molar-refractivity contribution in [2.45, 2.75) is 32.9 Å². The normalized spacial score (nSPS) is 12.2. The summed E-state index contributed by atoms with van der Waals surface area (Å²) < 4.78 is 26.9. The van der Waals surface area contributed by atoms with Gasteiger partial charge in [0.25, 0.3) is 0 Å². The van der Waals surface area contributed by atoms with Crippen LogP contribution in [0.2, 0.25) is 10.0 Å². The predicted molar refractivity (Wildman–Crippen MR) is 146 cm³/mol. The van der Waals surface area contributed by atoms with Gasteiger partial charge in [0.2, 0.25) is 21.8 Å². The molecular formula is C26H29Cl2N3O4S. The van der Waals surface area contributed by atoms with E-state index in [4.69, 9.17) is 23.2 Å². The van der Waals surface area contributed by atoms with Gasteiger partial charge in [0.15, 0.2) is 0 Å². The van der Waals surface area contributed by atoms with Crippen molar-refractivity contribution in [3.8, 4) is 0 Å². The van der Waals surface area contributed by atoms with Gasteiger partial charge in [-0.1, -0.05) is 72.6 Å². The molecule has 10 heteroatoms. The second-order valence-corrected chi connectivity index (χ2v) is 11.0. The molecule has 0 aliphatic rings. The zero-order valence-electron chi connectivity index (χ0n) is 20.4. The molecule has 0 heterocycles. The molecule has 3 aromatic rings. The van der Waals surface area contributed by atoms with Crippen LogP contribution in [-0.2, 0) is 26.2 Å². The van der Waals surface area contributed by atoms with E-state index in [-0.39, 0.29) is 12.5 Å². The Balaban J connectivity index is 2.07. The van der Waals surface area contributed by atoms with E-state index in [2.05, 4.69) is 5.32 Å². The minimum atomic E-state index is -3.86. The lowest BCUT2D eigenvalue weighted by molar-refractivity contribution is -0.140. The molecule has 0 aliphatic carbocycles. The van der Waals surface area contributed by atoms with Crippen molar-refractivity contribution in [1.29, 1.82) is 0 Å². The standard InChI is InChI=1S/C26H29Cl2N3O4S/c1-4-23(26(33)29-5-2)30(16-20-21(27)13-9-14-22(20)28)25(32)17-31(36(3,34)35)24-15-8-11-18-10-6-7-12-19(18)24/h6-15,23H,4-5,16-17H2,1-3H3,(H,29,33)/t23-/m1/s1. The average molecular weight is 551 g/mol. The molecule has 0 fully saturated rings. The summed E-state index contributed by atoms with van der Waals surface area (Å²) in [5.74, 6) is -0.893. The van der Waals surface area contributed by atoms with Crippen LogP contribution in [0.1, 0.15) is 25.8 Å². The number of rotatable bonds is 10. The number of hydrogen-bond donors (Lipinski definition) is 1. The molecule has 3 aromatic carbocycles. The smallest absolute Gasteiger partial charge is 0.244 e. The largest absolute Gasteiger partial charge is 0.355 e. The third kappa shape index (κ3) is 6.30. The first-order chi connectivity index (χ1) is 17.1. The van der Waals surface area contributed by atoms with Gasteiger partial charge in [-0.15, -0.1) is 0 Å². The second kappa shape index (κ2) is 12.0. The molecule has 1 N–H and O–H groups in total. The molecule has 7 nitrogen and oxygen atoms in total. The Hall–Kier alpha value is -2.81. The van der Waals surface area contributed by atoms with E-state index in [1.54, 1.807) is 50.2 Å². The van der Waals surface area contributed by atoms with Crippen LogP contribution in [0.15, 0.2) is 60.7 Å². The van der Waals surface area contributed by atoms with Crippen molar-refractivity contribution in [3.05, 3.63) is 76.3 Å². The van der Waals surface area contributed by atoms with E-state index in [9.17, 15) is 18.0 Å². The number of fused-ring (bicyclic) bond motifs is 1. The number of anilines is 1. The van der Waals surface area contributed by atoms with E-state index in [0.717, 1.165) is 15.9 Å². The Labute approximate surface area is 222 Å². The zero-order chi connectivity index (χ0) is 26.5. The highest BCUT2D eigenvalue weighted by atomic mass is 35.5. The van der Waals surface area contributed by atoms with Gasteiger partial charge in [0.1, 0.15) is 12.6 Å². The van der Waals surface area contributed by atoms with Crippen molar-refractivity contribution >= 4 is 61.5 Å². The van der Waals surface area contributed by atoms with Crippen LogP contribution in [0.4, 0.5) is 5.69 Å². The minimum Gasteiger partial charge on any atom is -0.355 e. The van der Waals surface area contributed by atoms with Crippen molar-refractivity contribution in [2.24, 2.45) is 0 Å². The number of likely N-dealkylation sites (N-methyl/N-ethyl adjacent to an activating group) is 1. The molecule has 0 radical (unpaired) electrons. The van der Waals surface area contributed by atoms with Gasteiger partial charge in [0, 0.05) is 34.1 Å². The maximum Gasteiger partial charge on any atom is 0.244 e. The highest BCUT2D eigenvalue weighted by molar-refractivity contribution is 7.92. The summed E-state index contributed by atoms with van der Waals surface area (Å²) in [6.07, 6.45) is 1.37. The van der Waals surface area contributed by atoms with Crippen LogP contribution in [-0.4, -0.2) is 50.5 Å². The lowest BCUT2D eigenvalue weighted by atomic mass is 10.1. The van der Waals surface area contributed by atoms with E-state index in [0.29, 0.717) is 39.6 Å². The maximum atomic E-state index is 13.8. The number of benzene rings is 3. The van der Waals surface area contributed by atoms with E-state index in [1.807, 2.05) is 24.3 Å². The van der Waals surface area contributed by atoms with Crippen LogP contribution < -0.4 is 9.62 Å². The van der Waals surface area contributed by atoms with Crippen molar-refractivity contribution < 1.29 is 18.0 Å². The molecule has 0 unspecified atom stereocenters. The van der Waals surface area contributed by atoms with Crippen molar-refractivity contribution in [3.63, 3.8) is 0 Å².